The van der Waals surface area contributed by atoms with Crippen molar-refractivity contribution >= 4 is 22.7 Å². The van der Waals surface area contributed by atoms with Gasteiger partial charge in [0.15, 0.2) is 0 Å². The van der Waals surface area contributed by atoms with Crippen LogP contribution in [0.3, 0.4) is 0 Å². The first-order valence-corrected chi connectivity index (χ1v) is 7.07. The van der Waals surface area contributed by atoms with Crippen LogP contribution in [0.15, 0.2) is 22.9 Å². The summed E-state index contributed by atoms with van der Waals surface area (Å²) in [7, 11) is 0. The summed E-state index contributed by atoms with van der Waals surface area (Å²) in [5, 5.41) is 22.2. The van der Waals surface area contributed by atoms with Crippen molar-refractivity contribution in [3.8, 4) is 15.7 Å². The Morgan fingerprint density at radius 3 is 2.89 bits per heavy atom. The van der Waals surface area contributed by atoms with Crippen molar-refractivity contribution in [3.05, 3.63) is 34.3 Å². The largest absolute Gasteiger partial charge is 0.390 e. The topological polar surface area (TPSA) is 63.8 Å². The quantitative estimate of drug-likeness (QED) is 0.798. The van der Waals surface area contributed by atoms with Crippen molar-refractivity contribution in [1.29, 1.82) is 0 Å². The molecule has 0 aliphatic rings. The van der Waals surface area contributed by atoms with Crippen LogP contribution in [0.25, 0.3) is 15.7 Å². The number of nitrogens with zero attached hydrogens (tertiary/aromatic N) is 4. The summed E-state index contributed by atoms with van der Waals surface area (Å²) in [6.45, 7) is 1.81. The first kappa shape index (κ1) is 11.5. The zero-order valence-electron chi connectivity index (χ0n) is 9.57. The van der Waals surface area contributed by atoms with Gasteiger partial charge in [-0.25, -0.2) is 4.98 Å². The van der Waals surface area contributed by atoms with Gasteiger partial charge in [-0.2, -0.15) is 4.68 Å². The Bertz CT molecular complexity index is 656. The maximum atomic E-state index is 9.35. The normalized spacial score (nSPS) is 11.0. The lowest BCUT2D eigenvalue weighted by atomic mass is 10.3. The fourth-order valence-corrected chi connectivity index (χ4v) is 3.18. The van der Waals surface area contributed by atoms with E-state index in [0.717, 1.165) is 21.4 Å². The molecule has 0 spiro atoms. The summed E-state index contributed by atoms with van der Waals surface area (Å²) in [6, 6.07) is 3.95. The molecule has 18 heavy (non-hydrogen) atoms. The molecule has 0 saturated heterocycles. The minimum absolute atomic E-state index is 0.127. The summed E-state index contributed by atoms with van der Waals surface area (Å²) in [4.78, 5) is 5.43. The van der Waals surface area contributed by atoms with Crippen molar-refractivity contribution in [1.82, 2.24) is 20.0 Å². The van der Waals surface area contributed by atoms with Gasteiger partial charge in [0.05, 0.1) is 17.2 Å². The molecule has 0 bridgehead atoms. The molecule has 0 fully saturated rings. The van der Waals surface area contributed by atoms with Crippen LogP contribution in [0, 0.1) is 6.92 Å². The zero-order chi connectivity index (χ0) is 12.5. The first-order valence-electron chi connectivity index (χ1n) is 5.31. The minimum atomic E-state index is -0.127. The summed E-state index contributed by atoms with van der Waals surface area (Å²) in [5.74, 6) is 0. The van der Waals surface area contributed by atoms with Crippen molar-refractivity contribution in [2.45, 2.75) is 13.5 Å². The summed E-state index contributed by atoms with van der Waals surface area (Å²) < 4.78 is 1.69. The van der Waals surface area contributed by atoms with Crippen LogP contribution in [0.4, 0.5) is 0 Å². The molecule has 0 saturated carbocycles. The lowest BCUT2D eigenvalue weighted by Gasteiger charge is -2.01. The van der Waals surface area contributed by atoms with Gasteiger partial charge in [0.25, 0.3) is 0 Å². The maximum Gasteiger partial charge on any atom is 0.212 e. The summed E-state index contributed by atoms with van der Waals surface area (Å²) in [5.41, 5.74) is 2.35. The molecule has 3 rings (SSSR count). The predicted octanol–water partition coefficient (Wildman–Crippen LogP) is 2.25. The second kappa shape index (κ2) is 4.60. The van der Waals surface area contributed by atoms with Gasteiger partial charge in [0.1, 0.15) is 11.4 Å². The van der Waals surface area contributed by atoms with E-state index < -0.39 is 0 Å². The minimum Gasteiger partial charge on any atom is -0.390 e. The van der Waals surface area contributed by atoms with E-state index in [4.69, 9.17) is 0 Å². The molecule has 0 atom stereocenters. The van der Waals surface area contributed by atoms with Gasteiger partial charge in [0.2, 0.25) is 5.13 Å². The Morgan fingerprint density at radius 1 is 1.39 bits per heavy atom. The SMILES string of the molecule is Cc1csc(-n2nnc(CO)c2-c2cccs2)n1. The molecule has 3 heterocycles. The van der Waals surface area contributed by atoms with Crippen LogP contribution in [-0.2, 0) is 6.61 Å². The van der Waals surface area contributed by atoms with Crippen LogP contribution < -0.4 is 0 Å². The van der Waals surface area contributed by atoms with Gasteiger partial charge in [-0.15, -0.1) is 27.8 Å². The highest BCUT2D eigenvalue weighted by Crippen LogP contribution is 2.29. The molecule has 5 nitrogen and oxygen atoms in total. The fourth-order valence-electron chi connectivity index (χ4n) is 1.65. The molecule has 0 aliphatic carbocycles. The molecule has 0 unspecified atom stereocenters. The molecular formula is C11H10N4OS2. The van der Waals surface area contributed by atoms with Gasteiger partial charge in [-0.3, -0.25) is 0 Å². The van der Waals surface area contributed by atoms with Crippen molar-refractivity contribution < 1.29 is 5.11 Å². The Kier molecular flexibility index (Phi) is 2.94. The number of thiazole rings is 1. The number of aromatic nitrogens is 4. The van der Waals surface area contributed by atoms with E-state index in [2.05, 4.69) is 15.3 Å². The second-order valence-corrected chi connectivity index (χ2v) is 5.49. The Morgan fingerprint density at radius 2 is 2.28 bits per heavy atom. The molecule has 3 aromatic rings. The zero-order valence-corrected chi connectivity index (χ0v) is 11.2. The van der Waals surface area contributed by atoms with Gasteiger partial charge in [-0.05, 0) is 18.4 Å². The maximum absolute atomic E-state index is 9.35. The number of aliphatic hydroxyl groups is 1. The predicted molar refractivity (Wildman–Crippen MR) is 71.0 cm³/mol. The van der Waals surface area contributed by atoms with E-state index in [1.54, 1.807) is 16.0 Å². The van der Waals surface area contributed by atoms with E-state index in [0.29, 0.717) is 5.69 Å². The second-order valence-electron chi connectivity index (χ2n) is 3.70. The highest BCUT2D eigenvalue weighted by atomic mass is 32.1. The summed E-state index contributed by atoms with van der Waals surface area (Å²) in [6.07, 6.45) is 0. The molecule has 3 aromatic heterocycles. The molecule has 0 aromatic carbocycles. The molecule has 0 radical (unpaired) electrons. The van der Waals surface area contributed by atoms with Crippen LogP contribution in [0.2, 0.25) is 0 Å². The van der Waals surface area contributed by atoms with Crippen molar-refractivity contribution in [2.75, 3.05) is 0 Å². The van der Waals surface area contributed by atoms with Crippen molar-refractivity contribution in [2.24, 2.45) is 0 Å². The van der Waals surface area contributed by atoms with E-state index in [1.165, 1.54) is 11.3 Å². The average Bonchev–Trinajstić information content (AvgIpc) is 3.07. The average molecular weight is 278 g/mol. The molecule has 0 amide bonds. The van der Waals surface area contributed by atoms with Crippen LogP contribution >= 0.6 is 22.7 Å². The molecular weight excluding hydrogens is 268 g/mol. The molecule has 7 heteroatoms. The number of thiophene rings is 1. The monoisotopic (exact) mass is 278 g/mol. The van der Waals surface area contributed by atoms with Gasteiger partial charge >= 0.3 is 0 Å². The smallest absolute Gasteiger partial charge is 0.212 e. The van der Waals surface area contributed by atoms with Crippen LogP contribution in [0.1, 0.15) is 11.4 Å². The van der Waals surface area contributed by atoms with E-state index >= 15 is 0 Å². The first-order chi connectivity index (χ1) is 8.79. The number of rotatable bonds is 3. The van der Waals surface area contributed by atoms with Crippen LogP contribution in [0.5, 0.6) is 0 Å². The van der Waals surface area contributed by atoms with Gasteiger partial charge in [-0.1, -0.05) is 11.3 Å². The Balaban J connectivity index is 2.19. The Labute approximate surface area is 111 Å². The lowest BCUT2D eigenvalue weighted by Crippen LogP contribution is -1.98. The molecule has 0 aliphatic heterocycles. The Hall–Kier alpha value is -1.57. The van der Waals surface area contributed by atoms with E-state index in [-0.39, 0.29) is 6.61 Å². The van der Waals surface area contributed by atoms with E-state index in [1.807, 2.05) is 29.8 Å². The number of hydrogen-bond donors (Lipinski definition) is 1. The lowest BCUT2D eigenvalue weighted by molar-refractivity contribution is 0.277. The molecule has 92 valence electrons. The standard InChI is InChI=1S/C11H10N4OS2/c1-7-6-18-11(12-7)15-10(8(5-16)13-14-15)9-3-2-4-17-9/h2-4,6,16H,5H2,1H3. The summed E-state index contributed by atoms with van der Waals surface area (Å²) >= 11 is 3.10. The molecule has 1 N–H and O–H groups in total. The van der Waals surface area contributed by atoms with E-state index in [9.17, 15) is 5.11 Å². The number of hydrogen-bond acceptors (Lipinski definition) is 6. The third kappa shape index (κ3) is 1.86. The number of aryl methyl sites for hydroxylation is 1. The van der Waals surface area contributed by atoms with Crippen LogP contribution in [-0.4, -0.2) is 25.1 Å². The highest BCUT2D eigenvalue weighted by molar-refractivity contribution is 7.13. The highest BCUT2D eigenvalue weighted by Gasteiger charge is 2.18. The third-order valence-corrected chi connectivity index (χ3v) is 4.24. The van der Waals surface area contributed by atoms with Crippen molar-refractivity contribution in [3.63, 3.8) is 0 Å². The number of aliphatic hydroxyl groups excluding tert-OH is 1. The van der Waals surface area contributed by atoms with Gasteiger partial charge in [0, 0.05) is 5.38 Å². The fraction of sp³-hybridized carbons (Fsp3) is 0.182. The van der Waals surface area contributed by atoms with Gasteiger partial charge < -0.3 is 5.11 Å². The third-order valence-electron chi connectivity index (χ3n) is 2.43.